The summed E-state index contributed by atoms with van der Waals surface area (Å²) in [6, 6.07) is 5.54. The van der Waals surface area contributed by atoms with Crippen LogP contribution in [0.5, 0.6) is 5.75 Å². The number of hydrogen-bond donors (Lipinski definition) is 2. The number of nitrogen functional groups attached to an aromatic ring is 1. The number of aromatic hydroxyl groups is 1. The largest absolute Gasteiger partial charge is 0.506 e. The van der Waals surface area contributed by atoms with Crippen molar-refractivity contribution in [1.29, 1.82) is 0 Å². The molecule has 18 heavy (non-hydrogen) atoms. The predicted octanol–water partition coefficient (Wildman–Crippen LogP) is 1.58. The van der Waals surface area contributed by atoms with Gasteiger partial charge in [-0.15, -0.1) is 0 Å². The van der Waals surface area contributed by atoms with Crippen LogP contribution in [0.4, 0.5) is 5.69 Å². The molecule has 1 aromatic rings. The molecule has 1 aliphatic heterocycles. The first-order valence-electron chi connectivity index (χ1n) is 6.38. The van der Waals surface area contributed by atoms with Gasteiger partial charge in [0.15, 0.2) is 0 Å². The van der Waals surface area contributed by atoms with Crippen LogP contribution < -0.4 is 5.73 Å². The van der Waals surface area contributed by atoms with Crippen molar-refractivity contribution in [3.8, 4) is 5.75 Å². The first-order valence-corrected chi connectivity index (χ1v) is 6.38. The summed E-state index contributed by atoms with van der Waals surface area (Å²) in [5, 5.41) is 9.71. The number of morpholine rings is 1. The predicted molar refractivity (Wildman–Crippen MR) is 72.8 cm³/mol. The molecular formula is C14H22N2O2. The Morgan fingerprint density at radius 2 is 2.00 bits per heavy atom. The van der Waals surface area contributed by atoms with E-state index in [0.29, 0.717) is 5.69 Å². The minimum atomic E-state index is -0.0114. The zero-order valence-corrected chi connectivity index (χ0v) is 11.1. The summed E-state index contributed by atoms with van der Waals surface area (Å²) in [7, 11) is 0. The van der Waals surface area contributed by atoms with Crippen molar-refractivity contribution in [1.82, 2.24) is 4.90 Å². The van der Waals surface area contributed by atoms with Crippen LogP contribution >= 0.6 is 0 Å². The van der Waals surface area contributed by atoms with Crippen LogP contribution in [0.1, 0.15) is 19.4 Å². The zero-order chi connectivity index (χ0) is 13.2. The van der Waals surface area contributed by atoms with Gasteiger partial charge in [-0.1, -0.05) is 19.9 Å². The quantitative estimate of drug-likeness (QED) is 0.632. The van der Waals surface area contributed by atoms with Crippen LogP contribution in [-0.2, 0) is 10.2 Å². The van der Waals surface area contributed by atoms with Gasteiger partial charge in [0.1, 0.15) is 5.75 Å². The molecule has 0 amide bonds. The van der Waals surface area contributed by atoms with Crippen LogP contribution in [0.3, 0.4) is 0 Å². The SMILES string of the molecule is CC(C)(CN1CCOCC1)c1ccc(N)c(O)c1. The van der Waals surface area contributed by atoms with E-state index in [4.69, 9.17) is 10.5 Å². The van der Waals surface area contributed by atoms with E-state index in [-0.39, 0.29) is 11.2 Å². The van der Waals surface area contributed by atoms with Gasteiger partial charge in [0.2, 0.25) is 0 Å². The highest BCUT2D eigenvalue weighted by Crippen LogP contribution is 2.30. The first-order chi connectivity index (χ1) is 8.49. The second-order valence-electron chi connectivity index (χ2n) is 5.55. The van der Waals surface area contributed by atoms with Crippen LogP contribution in [-0.4, -0.2) is 42.9 Å². The number of nitrogens with two attached hydrogens (primary N) is 1. The number of nitrogens with zero attached hydrogens (tertiary/aromatic N) is 1. The maximum atomic E-state index is 9.71. The average Bonchev–Trinajstić information content (AvgIpc) is 2.33. The topological polar surface area (TPSA) is 58.7 Å². The molecule has 2 rings (SSSR count). The smallest absolute Gasteiger partial charge is 0.138 e. The molecule has 0 bridgehead atoms. The molecule has 0 aliphatic carbocycles. The highest BCUT2D eigenvalue weighted by Gasteiger charge is 2.25. The number of ether oxygens (including phenoxy) is 1. The molecule has 0 aromatic heterocycles. The summed E-state index contributed by atoms with van der Waals surface area (Å²) < 4.78 is 5.36. The molecule has 4 heteroatoms. The van der Waals surface area contributed by atoms with Gasteiger partial charge in [-0.3, -0.25) is 4.90 Å². The fraction of sp³-hybridized carbons (Fsp3) is 0.571. The summed E-state index contributed by atoms with van der Waals surface area (Å²) in [5.74, 6) is 0.169. The number of hydrogen-bond acceptors (Lipinski definition) is 4. The lowest BCUT2D eigenvalue weighted by Crippen LogP contribution is -2.43. The Kier molecular flexibility index (Phi) is 3.78. The Labute approximate surface area is 108 Å². The van der Waals surface area contributed by atoms with Gasteiger partial charge < -0.3 is 15.6 Å². The van der Waals surface area contributed by atoms with E-state index in [2.05, 4.69) is 18.7 Å². The molecule has 0 atom stereocenters. The van der Waals surface area contributed by atoms with Crippen molar-refractivity contribution in [2.45, 2.75) is 19.3 Å². The molecule has 1 heterocycles. The molecule has 0 radical (unpaired) electrons. The third-order valence-electron chi connectivity index (χ3n) is 3.53. The Morgan fingerprint density at radius 1 is 1.33 bits per heavy atom. The monoisotopic (exact) mass is 250 g/mol. The second-order valence-corrected chi connectivity index (χ2v) is 5.55. The molecule has 0 spiro atoms. The molecule has 3 N–H and O–H groups in total. The van der Waals surface area contributed by atoms with E-state index in [9.17, 15) is 5.11 Å². The molecule has 1 fully saturated rings. The lowest BCUT2D eigenvalue weighted by atomic mass is 9.83. The second kappa shape index (κ2) is 5.16. The molecular weight excluding hydrogens is 228 g/mol. The van der Waals surface area contributed by atoms with E-state index < -0.39 is 0 Å². The third-order valence-corrected chi connectivity index (χ3v) is 3.53. The van der Waals surface area contributed by atoms with Gasteiger partial charge in [-0.05, 0) is 17.7 Å². The fourth-order valence-corrected chi connectivity index (χ4v) is 2.37. The van der Waals surface area contributed by atoms with Crippen molar-refractivity contribution >= 4 is 5.69 Å². The third kappa shape index (κ3) is 2.94. The molecule has 100 valence electrons. The Hall–Kier alpha value is -1.26. The maximum Gasteiger partial charge on any atom is 0.138 e. The molecule has 1 saturated heterocycles. The number of phenols is 1. The first kappa shape index (κ1) is 13.2. The van der Waals surface area contributed by atoms with Gasteiger partial charge in [0.05, 0.1) is 18.9 Å². The lowest BCUT2D eigenvalue weighted by molar-refractivity contribution is 0.0295. The Balaban J connectivity index is 2.10. The Morgan fingerprint density at radius 3 is 2.61 bits per heavy atom. The molecule has 0 saturated carbocycles. The van der Waals surface area contributed by atoms with Crippen LogP contribution in [0, 0.1) is 0 Å². The van der Waals surface area contributed by atoms with E-state index in [1.54, 1.807) is 12.1 Å². The van der Waals surface area contributed by atoms with E-state index in [0.717, 1.165) is 38.4 Å². The van der Waals surface area contributed by atoms with Gasteiger partial charge in [-0.2, -0.15) is 0 Å². The van der Waals surface area contributed by atoms with E-state index in [1.807, 2.05) is 6.07 Å². The summed E-state index contributed by atoms with van der Waals surface area (Å²) in [4.78, 5) is 2.40. The van der Waals surface area contributed by atoms with Crippen molar-refractivity contribution in [2.24, 2.45) is 0 Å². The molecule has 1 aromatic carbocycles. The summed E-state index contributed by atoms with van der Waals surface area (Å²) in [6.07, 6.45) is 0. The van der Waals surface area contributed by atoms with Crippen LogP contribution in [0.2, 0.25) is 0 Å². The van der Waals surface area contributed by atoms with Gasteiger partial charge >= 0.3 is 0 Å². The lowest BCUT2D eigenvalue weighted by Gasteiger charge is -2.35. The molecule has 1 aliphatic rings. The number of phenolic OH excluding ortho intramolecular Hbond substituents is 1. The van der Waals surface area contributed by atoms with Gasteiger partial charge in [0.25, 0.3) is 0 Å². The fourth-order valence-electron chi connectivity index (χ4n) is 2.37. The normalized spacial score (nSPS) is 17.9. The van der Waals surface area contributed by atoms with Crippen molar-refractivity contribution in [3.63, 3.8) is 0 Å². The average molecular weight is 250 g/mol. The van der Waals surface area contributed by atoms with Crippen LogP contribution in [0.25, 0.3) is 0 Å². The van der Waals surface area contributed by atoms with Crippen molar-refractivity contribution in [3.05, 3.63) is 23.8 Å². The summed E-state index contributed by atoms with van der Waals surface area (Å²) in [5.41, 5.74) is 7.17. The van der Waals surface area contributed by atoms with Gasteiger partial charge in [-0.25, -0.2) is 0 Å². The van der Waals surface area contributed by atoms with E-state index >= 15 is 0 Å². The molecule has 4 nitrogen and oxygen atoms in total. The summed E-state index contributed by atoms with van der Waals surface area (Å²) >= 11 is 0. The number of anilines is 1. The van der Waals surface area contributed by atoms with Crippen molar-refractivity contribution < 1.29 is 9.84 Å². The van der Waals surface area contributed by atoms with Crippen molar-refractivity contribution in [2.75, 3.05) is 38.6 Å². The minimum Gasteiger partial charge on any atom is -0.506 e. The minimum absolute atomic E-state index is 0.0114. The number of rotatable bonds is 3. The Bertz CT molecular complexity index is 412. The molecule has 0 unspecified atom stereocenters. The summed E-state index contributed by atoms with van der Waals surface area (Å²) in [6.45, 7) is 8.90. The highest BCUT2D eigenvalue weighted by atomic mass is 16.5. The van der Waals surface area contributed by atoms with E-state index in [1.165, 1.54) is 0 Å². The van der Waals surface area contributed by atoms with Crippen LogP contribution in [0.15, 0.2) is 18.2 Å². The maximum absolute atomic E-state index is 9.71. The number of benzene rings is 1. The standard InChI is InChI=1S/C14H22N2O2/c1-14(2,10-16-5-7-18-8-6-16)11-3-4-12(15)13(17)9-11/h3-4,9,17H,5-8,10,15H2,1-2H3. The highest BCUT2D eigenvalue weighted by molar-refractivity contribution is 5.54. The zero-order valence-electron chi connectivity index (χ0n) is 11.1. The van der Waals surface area contributed by atoms with Gasteiger partial charge in [0, 0.05) is 25.0 Å².